The minimum absolute atomic E-state index is 0.275. The maximum absolute atomic E-state index is 5.37. The Hall–Kier alpha value is -0.610. The van der Waals surface area contributed by atoms with E-state index in [2.05, 4.69) is 26.3 Å². The molecule has 0 aromatic heterocycles. The monoisotopic (exact) mass is 206 g/mol. The highest BCUT2D eigenvalue weighted by molar-refractivity contribution is 8.03. The van der Waals surface area contributed by atoms with Crippen LogP contribution >= 0.6 is 11.8 Å². The van der Waals surface area contributed by atoms with Crippen LogP contribution in [0.1, 0.15) is 39.5 Å². The highest BCUT2D eigenvalue weighted by atomic mass is 32.2. The molecule has 0 aliphatic heterocycles. The van der Waals surface area contributed by atoms with Crippen molar-refractivity contribution in [3.05, 3.63) is 22.6 Å². The Bertz CT molecular complexity index is 291. The van der Waals surface area contributed by atoms with Crippen molar-refractivity contribution in [2.75, 3.05) is 0 Å². The molecule has 76 valence electrons. The normalized spacial score (nSPS) is 22.8. The molecule has 0 spiro atoms. The van der Waals surface area contributed by atoms with Crippen molar-refractivity contribution in [1.29, 1.82) is 0 Å². The second kappa shape index (κ2) is 5.32. The number of hydrogen-bond acceptors (Lipinski definition) is 1. The maximum Gasteiger partial charge on any atom is 0.0670 e. The van der Waals surface area contributed by atoms with Gasteiger partial charge in [0.2, 0.25) is 0 Å². The maximum atomic E-state index is 5.37. The van der Waals surface area contributed by atoms with E-state index >= 15 is 0 Å². The van der Waals surface area contributed by atoms with Gasteiger partial charge in [-0.05, 0) is 50.0 Å². The molecule has 1 aliphatic rings. The molecule has 0 bridgehead atoms. The molecule has 14 heavy (non-hydrogen) atoms. The fourth-order valence-electron chi connectivity index (χ4n) is 1.76. The number of terminal acetylenes is 1. The van der Waals surface area contributed by atoms with E-state index in [0.29, 0.717) is 0 Å². The highest BCUT2D eigenvalue weighted by Gasteiger charge is 2.13. The minimum Gasteiger partial charge on any atom is -0.119 e. The second-order valence-corrected chi connectivity index (χ2v) is 5.33. The van der Waals surface area contributed by atoms with E-state index in [-0.39, 0.29) is 5.25 Å². The summed E-state index contributed by atoms with van der Waals surface area (Å²) in [6.45, 7) is 8.37. The summed E-state index contributed by atoms with van der Waals surface area (Å²) in [5.74, 6) is 2.75. The third-order valence-electron chi connectivity index (χ3n) is 2.60. The molecule has 0 nitrogen and oxygen atoms in total. The van der Waals surface area contributed by atoms with Gasteiger partial charge in [-0.1, -0.05) is 18.1 Å². The molecule has 0 heterocycles. The molecule has 0 aromatic rings. The molecule has 1 saturated carbocycles. The molecule has 1 aliphatic carbocycles. The van der Waals surface area contributed by atoms with Crippen LogP contribution in [0.5, 0.6) is 0 Å². The van der Waals surface area contributed by atoms with Crippen LogP contribution in [0, 0.1) is 12.3 Å². The lowest BCUT2D eigenvalue weighted by Crippen LogP contribution is -2.00. The second-order valence-electron chi connectivity index (χ2n) is 3.77. The van der Waals surface area contributed by atoms with E-state index in [4.69, 9.17) is 6.42 Å². The Balaban J connectivity index is 2.71. The van der Waals surface area contributed by atoms with Crippen molar-refractivity contribution in [1.82, 2.24) is 0 Å². The third-order valence-corrected chi connectivity index (χ3v) is 3.68. The van der Waals surface area contributed by atoms with Crippen molar-refractivity contribution in [2.45, 2.75) is 44.8 Å². The first kappa shape index (κ1) is 11.5. The quantitative estimate of drug-likeness (QED) is 0.612. The first-order chi connectivity index (χ1) is 6.65. The van der Waals surface area contributed by atoms with E-state index in [1.807, 2.05) is 0 Å². The van der Waals surface area contributed by atoms with Gasteiger partial charge in [-0.15, -0.1) is 18.2 Å². The molecular weight excluding hydrogens is 188 g/mol. The zero-order chi connectivity index (χ0) is 10.6. The third kappa shape index (κ3) is 2.96. The number of hydrogen-bond donors (Lipinski definition) is 0. The minimum atomic E-state index is 0.275. The lowest BCUT2D eigenvalue weighted by atomic mass is 9.90. The van der Waals surface area contributed by atoms with E-state index in [9.17, 15) is 0 Å². The lowest BCUT2D eigenvalue weighted by Gasteiger charge is -2.20. The first-order valence-corrected chi connectivity index (χ1v) is 6.03. The lowest BCUT2D eigenvalue weighted by molar-refractivity contribution is 0.679. The predicted octanol–water partition coefficient (Wildman–Crippen LogP) is 4.15. The van der Waals surface area contributed by atoms with E-state index in [1.54, 1.807) is 11.8 Å². The Morgan fingerprint density at radius 2 is 2.14 bits per heavy atom. The smallest absolute Gasteiger partial charge is 0.0670 e. The van der Waals surface area contributed by atoms with Crippen molar-refractivity contribution in [3.63, 3.8) is 0 Å². The van der Waals surface area contributed by atoms with Crippen molar-refractivity contribution in [2.24, 2.45) is 0 Å². The molecule has 1 atom stereocenters. The van der Waals surface area contributed by atoms with Gasteiger partial charge in [0.15, 0.2) is 0 Å². The molecular formula is C13H18S. The average molecular weight is 206 g/mol. The molecule has 1 rings (SSSR count). The van der Waals surface area contributed by atoms with Gasteiger partial charge >= 0.3 is 0 Å². The topological polar surface area (TPSA) is 0 Å². The first-order valence-electron chi connectivity index (χ1n) is 5.16. The van der Waals surface area contributed by atoms with Gasteiger partial charge in [0, 0.05) is 0 Å². The molecule has 0 N–H and O–H groups in total. The number of allylic oxidation sites excluding steroid dienone is 3. The molecule has 0 saturated heterocycles. The van der Waals surface area contributed by atoms with Crippen LogP contribution in [0.4, 0.5) is 0 Å². The van der Waals surface area contributed by atoms with Crippen LogP contribution in [0.3, 0.4) is 0 Å². The van der Waals surface area contributed by atoms with Crippen LogP contribution in [0.25, 0.3) is 0 Å². The van der Waals surface area contributed by atoms with Crippen molar-refractivity contribution in [3.8, 4) is 12.3 Å². The van der Waals surface area contributed by atoms with Gasteiger partial charge in [-0.3, -0.25) is 0 Å². The molecule has 0 amide bonds. The van der Waals surface area contributed by atoms with Gasteiger partial charge in [0.25, 0.3) is 0 Å². The van der Waals surface area contributed by atoms with E-state index in [1.165, 1.54) is 35.3 Å². The molecule has 1 fully saturated rings. The summed E-state index contributed by atoms with van der Waals surface area (Å²) in [6.07, 6.45) is 10.3. The van der Waals surface area contributed by atoms with Crippen molar-refractivity contribution < 1.29 is 0 Å². The van der Waals surface area contributed by atoms with Gasteiger partial charge in [0.05, 0.1) is 5.25 Å². The molecule has 1 unspecified atom stereocenters. The predicted molar refractivity (Wildman–Crippen MR) is 66.2 cm³/mol. The van der Waals surface area contributed by atoms with Crippen LogP contribution in [0.15, 0.2) is 22.6 Å². The Morgan fingerprint density at radius 1 is 1.50 bits per heavy atom. The number of thioether (sulfide) groups is 1. The van der Waals surface area contributed by atoms with Crippen LogP contribution in [-0.2, 0) is 0 Å². The van der Waals surface area contributed by atoms with Gasteiger partial charge in [0.1, 0.15) is 0 Å². The van der Waals surface area contributed by atoms with E-state index < -0.39 is 0 Å². The summed E-state index contributed by atoms with van der Waals surface area (Å²) < 4.78 is 0. The van der Waals surface area contributed by atoms with Gasteiger partial charge in [-0.25, -0.2) is 0 Å². The highest BCUT2D eigenvalue weighted by Crippen LogP contribution is 2.35. The summed E-state index contributed by atoms with van der Waals surface area (Å²) in [4.78, 5) is 1.38. The van der Waals surface area contributed by atoms with E-state index in [0.717, 1.165) is 6.42 Å². The summed E-state index contributed by atoms with van der Waals surface area (Å²) in [5.41, 5.74) is 2.79. The fourth-order valence-corrected chi connectivity index (χ4v) is 2.75. The molecule has 0 radical (unpaired) electrons. The average Bonchev–Trinajstić information content (AvgIpc) is 2.18. The number of rotatable bonds is 2. The summed E-state index contributed by atoms with van der Waals surface area (Å²) in [6, 6.07) is 0. The zero-order valence-corrected chi connectivity index (χ0v) is 9.91. The SMILES string of the molecule is C#CC(C)S/C(C)=C1/CCCCC1=C. The van der Waals surface area contributed by atoms with Crippen molar-refractivity contribution >= 4 is 11.8 Å². The summed E-state index contributed by atoms with van der Waals surface area (Å²) in [5, 5.41) is 0.275. The van der Waals surface area contributed by atoms with Gasteiger partial charge < -0.3 is 0 Å². The molecule has 1 heteroatoms. The summed E-state index contributed by atoms with van der Waals surface area (Å²) in [7, 11) is 0. The standard InChI is InChI=1S/C13H18S/c1-5-11(3)14-12(4)13-9-7-6-8-10(13)2/h1,11H,2,6-9H2,3-4H3/b13-12-. The fraction of sp³-hybridized carbons (Fsp3) is 0.538. The molecule has 0 aromatic carbocycles. The Morgan fingerprint density at radius 3 is 2.71 bits per heavy atom. The summed E-state index contributed by atoms with van der Waals surface area (Å²) >= 11 is 1.79. The van der Waals surface area contributed by atoms with Crippen LogP contribution in [0.2, 0.25) is 0 Å². The van der Waals surface area contributed by atoms with Crippen LogP contribution in [-0.4, -0.2) is 5.25 Å². The van der Waals surface area contributed by atoms with Gasteiger partial charge in [-0.2, -0.15) is 0 Å². The Labute approximate surface area is 91.9 Å². The Kier molecular flexibility index (Phi) is 4.35. The van der Waals surface area contributed by atoms with Crippen LogP contribution < -0.4 is 0 Å². The largest absolute Gasteiger partial charge is 0.119 e. The zero-order valence-electron chi connectivity index (χ0n) is 9.10.